The number of carbonyl (C=O) groups is 1. The first-order valence-electron chi connectivity index (χ1n) is 12.9. The molecule has 8 nitrogen and oxygen atoms in total. The first kappa shape index (κ1) is 24.6. The van der Waals surface area contributed by atoms with Crippen molar-refractivity contribution in [3.05, 3.63) is 82.6 Å². The number of hydrogen-bond acceptors (Lipinski definition) is 7. The number of piperidine rings is 1. The topological polar surface area (TPSA) is 78.7 Å². The minimum Gasteiger partial charge on any atom is -0.493 e. The molecule has 0 saturated carbocycles. The molecule has 9 heteroatoms. The Labute approximate surface area is 221 Å². The molecule has 2 aliphatic carbocycles. The molecule has 1 aromatic heterocycles. The Balaban J connectivity index is 1.34. The van der Waals surface area contributed by atoms with Crippen molar-refractivity contribution in [3.63, 3.8) is 0 Å². The summed E-state index contributed by atoms with van der Waals surface area (Å²) in [6.07, 6.45) is 5.85. The molecule has 0 radical (unpaired) electrons. The van der Waals surface area contributed by atoms with Crippen LogP contribution in [-0.4, -0.2) is 59.5 Å². The summed E-state index contributed by atoms with van der Waals surface area (Å²) in [6.45, 7) is 1.34. The number of halogens is 1. The lowest BCUT2D eigenvalue weighted by molar-refractivity contribution is -0.122. The number of carbonyl (C=O) groups excluding carboxylic acids is 1. The highest BCUT2D eigenvalue weighted by atomic mass is 19.1. The van der Waals surface area contributed by atoms with Gasteiger partial charge in [-0.15, -0.1) is 5.10 Å². The van der Waals surface area contributed by atoms with Crippen LogP contribution in [0.5, 0.6) is 11.5 Å². The lowest BCUT2D eigenvalue weighted by Gasteiger charge is -2.56. The van der Waals surface area contributed by atoms with Crippen LogP contribution in [0.3, 0.4) is 0 Å². The number of ether oxygens (including phenoxy) is 3. The minimum absolute atomic E-state index is 0.0183. The van der Waals surface area contributed by atoms with Crippen molar-refractivity contribution in [3.8, 4) is 11.5 Å². The van der Waals surface area contributed by atoms with Crippen LogP contribution in [-0.2, 0) is 34.5 Å². The third-order valence-corrected chi connectivity index (χ3v) is 8.43. The summed E-state index contributed by atoms with van der Waals surface area (Å²) in [4.78, 5) is 15.6. The van der Waals surface area contributed by atoms with Crippen molar-refractivity contribution >= 4 is 5.78 Å². The van der Waals surface area contributed by atoms with Gasteiger partial charge >= 0.3 is 0 Å². The monoisotopic (exact) mass is 518 g/mol. The third kappa shape index (κ3) is 3.96. The van der Waals surface area contributed by atoms with E-state index in [9.17, 15) is 9.18 Å². The summed E-state index contributed by atoms with van der Waals surface area (Å²) in [6, 6.07) is 10.9. The molecule has 3 aliphatic rings. The van der Waals surface area contributed by atoms with Gasteiger partial charge in [0.2, 0.25) is 0 Å². The predicted molar refractivity (Wildman–Crippen MR) is 137 cm³/mol. The fourth-order valence-corrected chi connectivity index (χ4v) is 6.58. The fraction of sp³-hybridized carbons (Fsp3) is 0.414. The molecule has 198 valence electrons. The molecule has 1 fully saturated rings. The van der Waals surface area contributed by atoms with Crippen LogP contribution in [0.2, 0.25) is 0 Å². The lowest BCUT2D eigenvalue weighted by Crippen LogP contribution is -2.60. The molecule has 2 aromatic carbocycles. The number of benzene rings is 2. The summed E-state index contributed by atoms with van der Waals surface area (Å²) < 4.78 is 33.4. The molecule has 3 atom stereocenters. The Kier molecular flexibility index (Phi) is 6.18. The van der Waals surface area contributed by atoms with Gasteiger partial charge in [-0.1, -0.05) is 29.5 Å². The number of likely N-dealkylation sites (tertiary alicyclic amines) is 1. The van der Waals surface area contributed by atoms with Gasteiger partial charge in [-0.05, 0) is 50.2 Å². The summed E-state index contributed by atoms with van der Waals surface area (Å²) in [5.74, 6) is 1.60. The predicted octanol–water partition coefficient (Wildman–Crippen LogP) is 3.67. The normalized spacial score (nSPS) is 24.3. The Morgan fingerprint density at radius 1 is 1.16 bits per heavy atom. The average molecular weight is 519 g/mol. The van der Waals surface area contributed by atoms with Gasteiger partial charge in [0.25, 0.3) is 0 Å². The fourth-order valence-electron chi connectivity index (χ4n) is 6.58. The molecule has 6 rings (SSSR count). The zero-order valence-corrected chi connectivity index (χ0v) is 21.8. The number of methoxy groups -OCH3 is 2. The van der Waals surface area contributed by atoms with E-state index in [1.807, 2.05) is 12.1 Å². The zero-order valence-electron chi connectivity index (χ0n) is 21.8. The van der Waals surface area contributed by atoms with Crippen LogP contribution in [0, 0.1) is 11.7 Å². The average Bonchev–Trinajstić information content (AvgIpc) is 3.37. The van der Waals surface area contributed by atoms with E-state index >= 15 is 0 Å². The maximum absolute atomic E-state index is 14.1. The maximum atomic E-state index is 14.1. The van der Waals surface area contributed by atoms with E-state index in [-0.39, 0.29) is 36.7 Å². The molecular weight excluding hydrogens is 487 g/mol. The minimum atomic E-state index is -0.393. The second-order valence-electron chi connectivity index (χ2n) is 10.4. The second kappa shape index (κ2) is 9.54. The van der Waals surface area contributed by atoms with E-state index < -0.39 is 5.41 Å². The van der Waals surface area contributed by atoms with Crippen molar-refractivity contribution in [1.82, 2.24) is 19.9 Å². The summed E-state index contributed by atoms with van der Waals surface area (Å²) in [7, 11) is 5.35. The number of rotatable bonds is 7. The molecule has 3 aromatic rings. The van der Waals surface area contributed by atoms with Crippen LogP contribution in [0.15, 0.2) is 54.4 Å². The molecule has 0 N–H and O–H groups in total. The van der Waals surface area contributed by atoms with Gasteiger partial charge in [-0.3, -0.25) is 4.79 Å². The van der Waals surface area contributed by atoms with Crippen molar-refractivity contribution in [2.75, 3.05) is 27.8 Å². The van der Waals surface area contributed by atoms with E-state index in [0.29, 0.717) is 34.9 Å². The third-order valence-electron chi connectivity index (χ3n) is 8.43. The Bertz CT molecular complexity index is 1420. The van der Waals surface area contributed by atoms with Crippen LogP contribution in [0.1, 0.15) is 35.2 Å². The number of allylic oxidation sites excluding steroid dienone is 1. The van der Waals surface area contributed by atoms with E-state index in [1.54, 1.807) is 43.3 Å². The quantitative estimate of drug-likeness (QED) is 0.472. The van der Waals surface area contributed by atoms with Crippen LogP contribution in [0.25, 0.3) is 0 Å². The number of nitrogens with zero attached hydrogens (tertiary/aromatic N) is 4. The number of Topliss-reactive ketones (excluding diaryl/α,β-unsaturated/α-hetero) is 1. The van der Waals surface area contributed by atoms with Gasteiger partial charge in [-0.2, -0.15) is 0 Å². The SMILES string of the molecule is COC1=C[C@@H]2[C@@H]3Cc4ccc(OC)c(OCc5cn(Cc6ccccc6F)nn5)c4[C@]2(CCN3C)CC1=O. The van der Waals surface area contributed by atoms with Gasteiger partial charge in [-0.25, -0.2) is 9.07 Å². The van der Waals surface area contributed by atoms with E-state index in [1.165, 1.54) is 11.6 Å². The second-order valence-corrected chi connectivity index (χ2v) is 10.4. The first-order chi connectivity index (χ1) is 18.4. The summed E-state index contributed by atoms with van der Waals surface area (Å²) in [5.41, 5.74) is 3.00. The summed E-state index contributed by atoms with van der Waals surface area (Å²) in [5, 5.41) is 8.41. The molecule has 2 bridgehead atoms. The number of likely N-dealkylation sites (N-methyl/N-ethyl adjacent to an activating group) is 1. The molecule has 0 unspecified atom stereocenters. The van der Waals surface area contributed by atoms with Crippen molar-refractivity contribution in [2.24, 2.45) is 5.92 Å². The van der Waals surface area contributed by atoms with Crippen molar-refractivity contribution in [1.29, 1.82) is 0 Å². The van der Waals surface area contributed by atoms with Crippen LogP contribution >= 0.6 is 0 Å². The standard InChI is InChI=1S/C29H31FN4O4/c1-33-11-10-29-14-24(35)26(37-3)13-21(29)23(33)12-18-8-9-25(36-2)28(27(18)29)38-17-20-16-34(32-31-20)15-19-6-4-5-7-22(19)30/h4-9,13,16,21,23H,10-12,14-15,17H2,1-3H3/t21-,23+,29-/m1/s1. The molecule has 1 aliphatic heterocycles. The maximum Gasteiger partial charge on any atom is 0.197 e. The molecular formula is C29H31FN4O4. The molecule has 0 amide bonds. The van der Waals surface area contributed by atoms with Gasteiger partial charge < -0.3 is 19.1 Å². The van der Waals surface area contributed by atoms with Crippen molar-refractivity contribution in [2.45, 2.75) is 43.9 Å². The highest BCUT2D eigenvalue weighted by Gasteiger charge is 2.56. The van der Waals surface area contributed by atoms with Crippen molar-refractivity contribution < 1.29 is 23.4 Å². The van der Waals surface area contributed by atoms with Gasteiger partial charge in [0.05, 0.1) is 27.0 Å². The number of ketones is 1. The van der Waals surface area contributed by atoms with Crippen LogP contribution in [0.4, 0.5) is 4.39 Å². The Morgan fingerprint density at radius 2 is 2.00 bits per heavy atom. The highest BCUT2D eigenvalue weighted by Crippen LogP contribution is 2.58. The Morgan fingerprint density at radius 3 is 2.79 bits per heavy atom. The summed E-state index contributed by atoms with van der Waals surface area (Å²) >= 11 is 0. The number of aromatic nitrogens is 3. The first-order valence-corrected chi connectivity index (χ1v) is 12.9. The zero-order chi connectivity index (χ0) is 26.4. The molecule has 38 heavy (non-hydrogen) atoms. The smallest absolute Gasteiger partial charge is 0.197 e. The molecule has 0 spiro atoms. The van der Waals surface area contributed by atoms with Crippen LogP contribution < -0.4 is 9.47 Å². The number of fused-ring (bicyclic) bond motifs is 1. The van der Waals surface area contributed by atoms with Gasteiger partial charge in [0.15, 0.2) is 23.0 Å². The Hall–Kier alpha value is -3.72. The largest absolute Gasteiger partial charge is 0.493 e. The highest BCUT2D eigenvalue weighted by molar-refractivity contribution is 5.96. The molecule has 2 heterocycles. The number of hydrogen-bond donors (Lipinski definition) is 0. The molecule has 1 saturated heterocycles. The van der Waals surface area contributed by atoms with E-state index in [2.05, 4.69) is 28.3 Å². The van der Waals surface area contributed by atoms with Gasteiger partial charge in [0, 0.05) is 34.9 Å². The van der Waals surface area contributed by atoms with E-state index in [0.717, 1.165) is 24.9 Å². The lowest BCUT2D eigenvalue weighted by atomic mass is 9.53. The van der Waals surface area contributed by atoms with E-state index in [4.69, 9.17) is 14.2 Å². The van der Waals surface area contributed by atoms with Gasteiger partial charge in [0.1, 0.15) is 18.1 Å².